The van der Waals surface area contributed by atoms with Gasteiger partial charge >= 0.3 is 0 Å². The van der Waals surface area contributed by atoms with E-state index in [4.69, 9.17) is 5.73 Å². The maximum absolute atomic E-state index is 11.4. The monoisotopic (exact) mass is 259 g/mol. The van der Waals surface area contributed by atoms with Crippen LogP contribution < -0.4 is 16.2 Å². The Morgan fingerprint density at radius 3 is 2.58 bits per heavy atom. The summed E-state index contributed by atoms with van der Waals surface area (Å²) in [7, 11) is 0. The maximum Gasteiger partial charge on any atom is 0.240 e. The van der Waals surface area contributed by atoms with Crippen molar-refractivity contribution in [1.29, 1.82) is 0 Å². The molecule has 1 aliphatic carbocycles. The lowest BCUT2D eigenvalue weighted by Crippen LogP contribution is -2.42. The molecule has 1 aromatic rings. The van der Waals surface area contributed by atoms with Gasteiger partial charge in [-0.1, -0.05) is 37.5 Å². The average molecular weight is 259 g/mol. The number of benzene rings is 1. The minimum atomic E-state index is -0.234. The summed E-state index contributed by atoms with van der Waals surface area (Å²) in [5.74, 6) is 0.0875. The molecule has 0 atom stereocenters. The number of rotatable bonds is 2. The van der Waals surface area contributed by atoms with Gasteiger partial charge in [-0.15, -0.1) is 0 Å². The summed E-state index contributed by atoms with van der Waals surface area (Å²) in [6.07, 6.45) is 6.29. The first kappa shape index (κ1) is 12.5. The van der Waals surface area contributed by atoms with E-state index in [2.05, 4.69) is 17.6 Å². The van der Waals surface area contributed by atoms with E-state index >= 15 is 0 Å². The predicted octanol–water partition coefficient (Wildman–Crippen LogP) is 2.05. The minimum Gasteiger partial charge on any atom is -0.321 e. The van der Waals surface area contributed by atoms with Gasteiger partial charge in [0.2, 0.25) is 5.91 Å². The molecule has 1 aliphatic heterocycles. The fourth-order valence-electron chi connectivity index (χ4n) is 3.24. The molecular weight excluding hydrogens is 238 g/mol. The highest BCUT2D eigenvalue weighted by Crippen LogP contribution is 2.39. The van der Waals surface area contributed by atoms with Gasteiger partial charge in [0.25, 0.3) is 0 Å². The van der Waals surface area contributed by atoms with Crippen molar-refractivity contribution >= 4 is 11.6 Å². The number of amides is 1. The van der Waals surface area contributed by atoms with Crippen LogP contribution in [0.1, 0.15) is 44.1 Å². The van der Waals surface area contributed by atoms with Crippen LogP contribution in [-0.4, -0.2) is 12.5 Å². The fraction of sp³-hybridized carbons (Fsp3) is 0.533. The lowest BCUT2D eigenvalue weighted by atomic mass is 9.77. The molecule has 0 spiro atoms. The molecule has 3 rings (SSSR count). The smallest absolute Gasteiger partial charge is 0.240 e. The second-order valence-corrected chi connectivity index (χ2v) is 5.67. The summed E-state index contributed by atoms with van der Waals surface area (Å²) in [6.45, 7) is 0.728. The molecule has 3 N–H and O–H groups in total. The van der Waals surface area contributed by atoms with Crippen LogP contribution in [-0.2, 0) is 10.3 Å². The first-order valence-corrected chi connectivity index (χ1v) is 7.14. The van der Waals surface area contributed by atoms with Gasteiger partial charge < -0.3 is 5.73 Å². The highest BCUT2D eigenvalue weighted by atomic mass is 16.2. The summed E-state index contributed by atoms with van der Waals surface area (Å²) in [4.78, 5) is 11.4. The summed E-state index contributed by atoms with van der Waals surface area (Å²) >= 11 is 0. The molecule has 1 amide bonds. The Kier molecular flexibility index (Phi) is 3.19. The van der Waals surface area contributed by atoms with Gasteiger partial charge in [-0.25, -0.2) is 0 Å². The average Bonchev–Trinajstić information content (AvgIpc) is 2.86. The van der Waals surface area contributed by atoms with Crippen LogP contribution in [0.5, 0.6) is 0 Å². The number of para-hydroxylation sites is 1. The number of carbonyl (C=O) groups is 1. The third-order valence-corrected chi connectivity index (χ3v) is 4.30. The highest BCUT2D eigenvalue weighted by molar-refractivity contribution is 5.82. The van der Waals surface area contributed by atoms with Crippen molar-refractivity contribution in [2.45, 2.75) is 44.1 Å². The van der Waals surface area contributed by atoms with Gasteiger partial charge in [0.05, 0.1) is 5.69 Å². The predicted molar refractivity (Wildman–Crippen MR) is 75.5 cm³/mol. The molecule has 0 bridgehead atoms. The second-order valence-electron chi connectivity index (χ2n) is 5.67. The Hall–Kier alpha value is -1.55. The lowest BCUT2D eigenvalue weighted by Gasteiger charge is -2.37. The van der Waals surface area contributed by atoms with Crippen molar-refractivity contribution in [3.05, 3.63) is 29.8 Å². The molecule has 0 unspecified atom stereocenters. The first-order chi connectivity index (χ1) is 9.19. The fourth-order valence-corrected chi connectivity index (χ4v) is 3.24. The van der Waals surface area contributed by atoms with Crippen molar-refractivity contribution in [3.8, 4) is 0 Å². The Morgan fingerprint density at radius 1 is 1.16 bits per heavy atom. The van der Waals surface area contributed by atoms with Crippen LogP contribution in [0.4, 0.5) is 5.69 Å². The molecule has 0 radical (unpaired) electrons. The van der Waals surface area contributed by atoms with Crippen LogP contribution in [0.15, 0.2) is 24.3 Å². The molecular formula is C15H21N3O. The molecule has 1 saturated carbocycles. The third-order valence-electron chi connectivity index (χ3n) is 4.30. The van der Waals surface area contributed by atoms with Crippen LogP contribution in [0.2, 0.25) is 0 Å². The first-order valence-electron chi connectivity index (χ1n) is 7.14. The molecule has 0 aromatic heterocycles. The van der Waals surface area contributed by atoms with Crippen molar-refractivity contribution in [1.82, 2.24) is 5.43 Å². The molecule has 4 heteroatoms. The van der Waals surface area contributed by atoms with E-state index in [0.29, 0.717) is 6.42 Å². The topological polar surface area (TPSA) is 58.4 Å². The number of hydrogen-bond acceptors (Lipinski definition) is 3. The van der Waals surface area contributed by atoms with E-state index in [1.54, 1.807) is 0 Å². The molecule has 2 aliphatic rings. The molecule has 1 heterocycles. The molecule has 1 saturated heterocycles. The number of anilines is 1. The molecule has 4 nitrogen and oxygen atoms in total. The molecule has 2 fully saturated rings. The number of nitrogens with zero attached hydrogens (tertiary/aromatic N) is 1. The Morgan fingerprint density at radius 2 is 1.89 bits per heavy atom. The minimum absolute atomic E-state index is 0.0875. The van der Waals surface area contributed by atoms with E-state index < -0.39 is 0 Å². The van der Waals surface area contributed by atoms with E-state index in [0.717, 1.165) is 25.1 Å². The zero-order valence-corrected chi connectivity index (χ0v) is 11.2. The summed E-state index contributed by atoms with van der Waals surface area (Å²) < 4.78 is 0. The zero-order valence-electron chi connectivity index (χ0n) is 11.2. The quantitative estimate of drug-likeness (QED) is 0.854. The SMILES string of the molecule is NC1(c2ccccc2N2CCC(=O)N2)CCCCC1. The van der Waals surface area contributed by atoms with Gasteiger partial charge in [-0.2, -0.15) is 0 Å². The maximum atomic E-state index is 11.4. The number of hydrogen-bond donors (Lipinski definition) is 2. The van der Waals surface area contributed by atoms with Crippen molar-refractivity contribution in [2.75, 3.05) is 11.6 Å². The molecule has 102 valence electrons. The molecule has 1 aromatic carbocycles. The number of hydrazine groups is 1. The Labute approximate surface area is 113 Å². The van der Waals surface area contributed by atoms with Gasteiger partial charge in [0, 0.05) is 18.5 Å². The second kappa shape index (κ2) is 4.85. The third kappa shape index (κ3) is 2.32. The Balaban J connectivity index is 1.94. The van der Waals surface area contributed by atoms with Crippen molar-refractivity contribution in [2.24, 2.45) is 5.73 Å². The summed E-state index contributed by atoms with van der Waals surface area (Å²) in [5.41, 5.74) is 11.6. The van der Waals surface area contributed by atoms with Crippen LogP contribution in [0.3, 0.4) is 0 Å². The number of nitrogens with two attached hydrogens (primary N) is 1. The van der Waals surface area contributed by atoms with E-state index in [9.17, 15) is 4.79 Å². The van der Waals surface area contributed by atoms with E-state index in [1.807, 2.05) is 17.1 Å². The van der Waals surface area contributed by atoms with Gasteiger partial charge in [-0.05, 0) is 24.5 Å². The van der Waals surface area contributed by atoms with Gasteiger partial charge in [0.15, 0.2) is 0 Å². The summed E-state index contributed by atoms with van der Waals surface area (Å²) in [6, 6.07) is 8.23. The molecule has 19 heavy (non-hydrogen) atoms. The van der Waals surface area contributed by atoms with Gasteiger partial charge in [0.1, 0.15) is 0 Å². The van der Waals surface area contributed by atoms with Crippen LogP contribution >= 0.6 is 0 Å². The van der Waals surface area contributed by atoms with Crippen molar-refractivity contribution in [3.63, 3.8) is 0 Å². The summed E-state index contributed by atoms with van der Waals surface area (Å²) in [5, 5.41) is 1.95. The van der Waals surface area contributed by atoms with Crippen LogP contribution in [0, 0.1) is 0 Å². The highest BCUT2D eigenvalue weighted by Gasteiger charge is 2.33. The normalized spacial score (nSPS) is 22.4. The number of nitrogens with one attached hydrogen (secondary N) is 1. The zero-order chi connectivity index (χ0) is 13.3. The Bertz CT molecular complexity index is 480. The van der Waals surface area contributed by atoms with Crippen LogP contribution in [0.25, 0.3) is 0 Å². The van der Waals surface area contributed by atoms with Crippen molar-refractivity contribution < 1.29 is 4.79 Å². The van der Waals surface area contributed by atoms with E-state index in [1.165, 1.54) is 24.8 Å². The number of carbonyl (C=O) groups excluding carboxylic acids is 1. The van der Waals surface area contributed by atoms with Gasteiger partial charge in [-0.3, -0.25) is 15.2 Å². The lowest BCUT2D eigenvalue weighted by molar-refractivity contribution is -0.119. The standard InChI is InChI=1S/C15H21N3O/c16-15(9-4-1-5-10-15)12-6-2-3-7-13(12)18-11-8-14(19)17-18/h2-3,6-7H,1,4-5,8-11,16H2,(H,17,19). The largest absolute Gasteiger partial charge is 0.321 e. The van der Waals surface area contributed by atoms with E-state index in [-0.39, 0.29) is 11.4 Å².